The molecule has 1 saturated heterocycles. The van der Waals surface area contributed by atoms with Crippen LogP contribution in [0.1, 0.15) is 74.7 Å². The minimum Gasteiger partial charge on any atom is -0.381 e. The van der Waals surface area contributed by atoms with Crippen molar-refractivity contribution in [2.24, 2.45) is 16.7 Å². The maximum absolute atomic E-state index is 12.3. The van der Waals surface area contributed by atoms with Crippen molar-refractivity contribution >= 4 is 11.7 Å². The molecule has 2 rings (SSSR count). The lowest BCUT2D eigenvalue weighted by Crippen LogP contribution is -2.49. The van der Waals surface area contributed by atoms with Gasteiger partial charge in [-0.25, -0.2) is 0 Å². The zero-order valence-corrected chi connectivity index (χ0v) is 16.4. The molecular weight excluding hydrogens is 290 g/mol. The third kappa shape index (κ3) is 5.91. The summed E-state index contributed by atoms with van der Waals surface area (Å²) in [5, 5.41) is 2.96. The molecule has 1 spiro atoms. The van der Waals surface area contributed by atoms with Crippen LogP contribution in [0.25, 0.3) is 0 Å². The molecule has 4 nitrogen and oxygen atoms in total. The van der Waals surface area contributed by atoms with E-state index in [1.165, 1.54) is 0 Å². The van der Waals surface area contributed by atoms with Gasteiger partial charge in [0.05, 0.1) is 6.04 Å². The molecule has 0 bridgehead atoms. The highest BCUT2D eigenvalue weighted by atomic mass is 16.5. The van der Waals surface area contributed by atoms with Gasteiger partial charge in [0.25, 0.3) is 0 Å². The van der Waals surface area contributed by atoms with Crippen LogP contribution in [0.15, 0.2) is 0 Å². The Morgan fingerprint density at radius 3 is 1.96 bits per heavy atom. The smallest absolute Gasteiger partial charge is 0.224 e. The van der Waals surface area contributed by atoms with Crippen molar-refractivity contribution in [2.45, 2.75) is 80.7 Å². The summed E-state index contributed by atoms with van der Waals surface area (Å²) >= 11 is 0. The first-order chi connectivity index (χ1) is 10.8. The highest BCUT2D eigenvalue weighted by Gasteiger charge is 2.58. The lowest BCUT2D eigenvalue weighted by molar-refractivity contribution is -0.130. The van der Waals surface area contributed by atoms with Gasteiger partial charge in [-0.05, 0) is 37.0 Å². The number of hydrogen-bond acceptors (Lipinski definition) is 3. The molecule has 0 aromatic rings. The first-order valence-corrected chi connectivity index (χ1v) is 9.15. The monoisotopic (exact) mass is 327 g/mol. The SMILES string of the molecule is CC.CC.CC(=O)C(NC(=O)C1CC12CCOCC2)C(C)(C)C. The van der Waals surface area contributed by atoms with Crippen LogP contribution in [0.2, 0.25) is 0 Å². The predicted octanol–water partition coefficient (Wildman–Crippen LogP) is 3.98. The van der Waals surface area contributed by atoms with E-state index in [9.17, 15) is 9.59 Å². The Bertz CT molecular complexity index is 379. The summed E-state index contributed by atoms with van der Waals surface area (Å²) < 4.78 is 5.36. The van der Waals surface area contributed by atoms with Gasteiger partial charge in [-0.2, -0.15) is 0 Å². The van der Waals surface area contributed by atoms with E-state index in [4.69, 9.17) is 4.74 Å². The predicted molar refractivity (Wildman–Crippen MR) is 95.4 cm³/mol. The second-order valence-electron chi connectivity index (χ2n) is 7.15. The van der Waals surface area contributed by atoms with Crippen molar-refractivity contribution in [3.8, 4) is 0 Å². The van der Waals surface area contributed by atoms with Crippen LogP contribution in [-0.4, -0.2) is 30.9 Å². The molecule has 1 aliphatic carbocycles. The molecule has 2 fully saturated rings. The summed E-state index contributed by atoms with van der Waals surface area (Å²) in [6, 6.07) is -0.391. The van der Waals surface area contributed by atoms with E-state index in [2.05, 4.69) is 5.32 Å². The lowest BCUT2D eigenvalue weighted by Gasteiger charge is -2.30. The van der Waals surface area contributed by atoms with Crippen LogP contribution in [-0.2, 0) is 14.3 Å². The zero-order valence-electron chi connectivity index (χ0n) is 16.4. The Kier molecular flexibility index (Phi) is 9.04. The first kappa shape index (κ1) is 22.1. The summed E-state index contributed by atoms with van der Waals surface area (Å²) in [7, 11) is 0. The molecule has 4 heteroatoms. The Morgan fingerprint density at radius 1 is 1.09 bits per heavy atom. The van der Waals surface area contributed by atoms with Crippen molar-refractivity contribution in [3.05, 3.63) is 0 Å². The summed E-state index contributed by atoms with van der Waals surface area (Å²) in [5.74, 6) is 0.167. The van der Waals surface area contributed by atoms with Crippen molar-refractivity contribution in [3.63, 3.8) is 0 Å². The quantitative estimate of drug-likeness (QED) is 0.853. The number of ether oxygens (including phenoxy) is 1. The highest BCUT2D eigenvalue weighted by molar-refractivity contribution is 5.90. The molecule has 1 saturated carbocycles. The van der Waals surface area contributed by atoms with Crippen molar-refractivity contribution in [1.82, 2.24) is 5.32 Å². The van der Waals surface area contributed by atoms with Crippen LogP contribution >= 0.6 is 0 Å². The van der Waals surface area contributed by atoms with E-state index in [0.29, 0.717) is 0 Å². The third-order valence-corrected chi connectivity index (χ3v) is 4.55. The van der Waals surface area contributed by atoms with Gasteiger partial charge in [-0.15, -0.1) is 0 Å². The fourth-order valence-electron chi connectivity index (χ4n) is 3.22. The molecular formula is C19H37NO3. The molecule has 2 aliphatic rings. The molecule has 1 amide bonds. The molecule has 1 heterocycles. The number of Topliss-reactive ketones (excluding diaryl/α,β-unsaturated/α-hetero) is 1. The van der Waals surface area contributed by atoms with Gasteiger partial charge >= 0.3 is 0 Å². The Balaban J connectivity index is 0.00000112. The fraction of sp³-hybridized carbons (Fsp3) is 0.895. The third-order valence-electron chi connectivity index (χ3n) is 4.55. The average Bonchev–Trinajstić information content (AvgIpc) is 3.21. The van der Waals surface area contributed by atoms with Crippen LogP contribution in [0, 0.1) is 16.7 Å². The molecule has 23 heavy (non-hydrogen) atoms. The van der Waals surface area contributed by atoms with E-state index < -0.39 is 6.04 Å². The molecule has 2 unspecified atom stereocenters. The van der Waals surface area contributed by atoms with Crippen LogP contribution in [0.5, 0.6) is 0 Å². The van der Waals surface area contributed by atoms with Gasteiger partial charge in [0.2, 0.25) is 5.91 Å². The van der Waals surface area contributed by atoms with Crippen molar-refractivity contribution < 1.29 is 14.3 Å². The molecule has 0 aromatic heterocycles. The van der Waals surface area contributed by atoms with E-state index in [1.807, 2.05) is 48.5 Å². The number of carbonyl (C=O) groups is 2. The van der Waals surface area contributed by atoms with Gasteiger partial charge in [-0.1, -0.05) is 48.5 Å². The lowest BCUT2D eigenvalue weighted by atomic mass is 9.84. The Morgan fingerprint density at radius 2 is 1.57 bits per heavy atom. The van der Waals surface area contributed by atoms with E-state index in [0.717, 1.165) is 32.5 Å². The summed E-state index contributed by atoms with van der Waals surface area (Å²) in [6.07, 6.45) is 2.91. The number of nitrogens with one attached hydrogen (secondary N) is 1. The maximum Gasteiger partial charge on any atom is 0.224 e. The normalized spacial score (nSPS) is 22.7. The van der Waals surface area contributed by atoms with Gasteiger partial charge < -0.3 is 10.1 Å². The topological polar surface area (TPSA) is 55.4 Å². The minimum absolute atomic E-state index is 0.0301. The summed E-state index contributed by atoms with van der Waals surface area (Å²) in [4.78, 5) is 24.0. The molecule has 0 radical (unpaired) electrons. The highest BCUT2D eigenvalue weighted by Crippen LogP contribution is 2.59. The van der Waals surface area contributed by atoms with Crippen molar-refractivity contribution in [1.29, 1.82) is 0 Å². The summed E-state index contributed by atoms with van der Waals surface area (Å²) in [5.41, 5.74) is -0.0687. The second-order valence-corrected chi connectivity index (χ2v) is 7.15. The Labute approximate surface area is 142 Å². The van der Waals surface area contributed by atoms with Crippen molar-refractivity contribution in [2.75, 3.05) is 13.2 Å². The maximum atomic E-state index is 12.3. The van der Waals surface area contributed by atoms with Gasteiger partial charge in [0, 0.05) is 19.1 Å². The first-order valence-electron chi connectivity index (χ1n) is 9.15. The van der Waals surface area contributed by atoms with Crippen LogP contribution < -0.4 is 5.32 Å². The summed E-state index contributed by atoms with van der Waals surface area (Å²) in [6.45, 7) is 17.0. The number of ketones is 1. The molecule has 2 atom stereocenters. The number of hydrogen-bond donors (Lipinski definition) is 1. The molecule has 0 aromatic carbocycles. The van der Waals surface area contributed by atoms with Gasteiger partial charge in [0.15, 0.2) is 5.78 Å². The van der Waals surface area contributed by atoms with Crippen LogP contribution in [0.4, 0.5) is 0 Å². The number of rotatable bonds is 3. The molecule has 1 N–H and O–H groups in total. The largest absolute Gasteiger partial charge is 0.381 e. The van der Waals surface area contributed by atoms with E-state index in [1.54, 1.807) is 6.92 Å². The standard InChI is InChI=1S/C15H25NO3.2C2H6/c1-10(17)12(14(2,3)4)16-13(18)11-9-15(11)5-7-19-8-6-15;2*1-2/h11-12H,5-9H2,1-4H3,(H,16,18);2*1-2H3. The molecule has 1 aliphatic heterocycles. The van der Waals surface area contributed by atoms with E-state index >= 15 is 0 Å². The number of amides is 1. The van der Waals surface area contributed by atoms with Crippen LogP contribution in [0.3, 0.4) is 0 Å². The minimum atomic E-state index is -0.391. The zero-order chi connectivity index (χ0) is 18.3. The number of carbonyl (C=O) groups excluding carboxylic acids is 2. The van der Waals surface area contributed by atoms with Gasteiger partial charge in [-0.3, -0.25) is 9.59 Å². The second kappa shape index (κ2) is 9.41. The molecule has 136 valence electrons. The average molecular weight is 328 g/mol. The Hall–Kier alpha value is -0.900. The fourth-order valence-corrected chi connectivity index (χ4v) is 3.22. The van der Waals surface area contributed by atoms with Gasteiger partial charge in [0.1, 0.15) is 0 Å². The van der Waals surface area contributed by atoms with E-state index in [-0.39, 0.29) is 28.4 Å².